The molecule has 1 saturated carbocycles. The maximum Gasteiger partial charge on any atom is 0.357 e. The first-order valence-electron chi connectivity index (χ1n) is 8.16. The number of hydrogen-bond donors (Lipinski definition) is 0. The maximum atomic E-state index is 6.09. The van der Waals surface area contributed by atoms with E-state index in [0.29, 0.717) is 12.5 Å². The highest BCUT2D eigenvalue weighted by atomic mass is 32.1. The van der Waals surface area contributed by atoms with Crippen LogP contribution >= 0.6 is 12.2 Å². The van der Waals surface area contributed by atoms with Gasteiger partial charge in [-0.2, -0.15) is 0 Å². The predicted octanol–water partition coefficient (Wildman–Crippen LogP) is 5.07. The van der Waals surface area contributed by atoms with Crippen molar-refractivity contribution in [2.45, 2.75) is 39.2 Å². The third kappa shape index (κ3) is 3.88. The number of hydrogen-bond acceptors (Lipinski definition) is 4. The van der Waals surface area contributed by atoms with Gasteiger partial charge in [0, 0.05) is 17.8 Å². The van der Waals surface area contributed by atoms with E-state index >= 15 is 0 Å². The Morgan fingerprint density at radius 3 is 2.58 bits per heavy atom. The second kappa shape index (κ2) is 7.22. The number of rotatable bonds is 5. The molecule has 1 aliphatic carbocycles. The van der Waals surface area contributed by atoms with Crippen LogP contribution in [0.3, 0.4) is 0 Å². The normalized spacial score (nSPS) is 13.5. The van der Waals surface area contributed by atoms with E-state index in [4.69, 9.17) is 26.4 Å². The Bertz CT molecular complexity index is 751. The van der Waals surface area contributed by atoms with Crippen LogP contribution in [0, 0.1) is 13.8 Å². The van der Waals surface area contributed by atoms with Gasteiger partial charge in [-0.05, 0) is 55.9 Å². The van der Waals surface area contributed by atoms with E-state index in [-0.39, 0.29) is 5.24 Å². The van der Waals surface area contributed by atoms with Gasteiger partial charge in [0.15, 0.2) is 0 Å². The van der Waals surface area contributed by atoms with Gasteiger partial charge in [-0.1, -0.05) is 29.8 Å². The lowest BCUT2D eigenvalue weighted by atomic mass is 10.0. The van der Waals surface area contributed by atoms with Gasteiger partial charge in [-0.25, -0.2) is 0 Å². The van der Waals surface area contributed by atoms with Crippen LogP contribution < -0.4 is 9.47 Å². The Kier molecular flexibility index (Phi) is 5.05. The minimum absolute atomic E-state index is 0.121. The summed E-state index contributed by atoms with van der Waals surface area (Å²) in [7, 11) is 1.51. The summed E-state index contributed by atoms with van der Waals surface area (Å²) in [5.74, 6) is 2.21. The minimum Gasteiger partial charge on any atom is -0.488 e. The first-order chi connectivity index (χ1) is 11.6. The number of benzene rings is 2. The van der Waals surface area contributed by atoms with Gasteiger partial charge in [-0.15, -0.1) is 0 Å². The van der Waals surface area contributed by atoms with Gasteiger partial charge in [-0.3, -0.25) is 0 Å². The fraction of sp³-hybridized carbons (Fsp3) is 0.350. The topological polar surface area (TPSA) is 27.7 Å². The average molecular weight is 342 g/mol. The van der Waals surface area contributed by atoms with Crippen molar-refractivity contribution in [1.82, 2.24) is 0 Å². The lowest BCUT2D eigenvalue weighted by Gasteiger charge is -2.16. The standard InChI is InChI=1S/C20H22O3S/c1-13-7-10-18(14(2)11-13)22-12-17-16(15-8-9-15)5-4-6-19(17)23-20(24)21-3/h4-7,10-11,15H,8-9,12H2,1-3H3. The molecule has 0 atom stereocenters. The van der Waals surface area contributed by atoms with Gasteiger partial charge in [0.2, 0.25) is 0 Å². The van der Waals surface area contributed by atoms with E-state index in [1.807, 2.05) is 18.2 Å². The lowest BCUT2D eigenvalue weighted by molar-refractivity contribution is 0.287. The van der Waals surface area contributed by atoms with Crippen LogP contribution in [-0.4, -0.2) is 12.3 Å². The molecule has 1 aliphatic rings. The molecule has 0 aromatic heterocycles. The first-order valence-corrected chi connectivity index (χ1v) is 8.57. The van der Waals surface area contributed by atoms with Crippen LogP contribution in [0.25, 0.3) is 0 Å². The Hall–Kier alpha value is -2.07. The SMILES string of the molecule is COC(=S)Oc1cccc(C2CC2)c1COc1ccc(C)cc1C. The summed E-state index contributed by atoms with van der Waals surface area (Å²) in [6.45, 7) is 4.60. The summed E-state index contributed by atoms with van der Waals surface area (Å²) in [5, 5.41) is 0.121. The molecule has 2 aromatic rings. The number of ether oxygens (including phenoxy) is 3. The molecule has 2 aromatic carbocycles. The molecule has 126 valence electrons. The van der Waals surface area contributed by atoms with Gasteiger partial charge in [0.05, 0.1) is 7.11 Å². The van der Waals surface area contributed by atoms with E-state index < -0.39 is 0 Å². The fourth-order valence-corrected chi connectivity index (χ4v) is 2.94. The molecule has 1 fully saturated rings. The van der Waals surface area contributed by atoms with E-state index in [1.165, 1.54) is 31.1 Å². The van der Waals surface area contributed by atoms with Crippen molar-refractivity contribution in [2.24, 2.45) is 0 Å². The molecular formula is C20H22O3S. The summed E-state index contributed by atoms with van der Waals surface area (Å²) in [5.41, 5.74) is 4.71. The zero-order valence-corrected chi connectivity index (χ0v) is 15.1. The largest absolute Gasteiger partial charge is 0.488 e. The van der Waals surface area contributed by atoms with Gasteiger partial charge in [0.25, 0.3) is 0 Å². The van der Waals surface area contributed by atoms with Gasteiger partial charge >= 0.3 is 5.24 Å². The molecule has 0 radical (unpaired) electrons. The molecular weight excluding hydrogens is 320 g/mol. The molecule has 24 heavy (non-hydrogen) atoms. The first kappa shape index (κ1) is 16.8. The highest BCUT2D eigenvalue weighted by Gasteiger charge is 2.28. The summed E-state index contributed by atoms with van der Waals surface area (Å²) in [6, 6.07) is 12.3. The van der Waals surface area contributed by atoms with Crippen molar-refractivity contribution in [1.29, 1.82) is 0 Å². The second-order valence-electron chi connectivity index (χ2n) is 6.21. The Morgan fingerprint density at radius 2 is 1.92 bits per heavy atom. The van der Waals surface area contributed by atoms with E-state index in [1.54, 1.807) is 0 Å². The van der Waals surface area contributed by atoms with Crippen molar-refractivity contribution < 1.29 is 14.2 Å². The molecule has 4 heteroatoms. The third-order valence-electron chi connectivity index (χ3n) is 4.25. The van der Waals surface area contributed by atoms with E-state index in [0.717, 1.165) is 22.6 Å². The molecule has 0 spiro atoms. The van der Waals surface area contributed by atoms with Gasteiger partial charge < -0.3 is 14.2 Å². The van der Waals surface area contributed by atoms with Crippen LogP contribution in [-0.2, 0) is 11.3 Å². The molecule has 0 unspecified atom stereocenters. The molecule has 0 saturated heterocycles. The number of methoxy groups -OCH3 is 1. The summed E-state index contributed by atoms with van der Waals surface area (Å²) in [6.07, 6.45) is 2.43. The van der Waals surface area contributed by atoms with Crippen molar-refractivity contribution >= 4 is 17.5 Å². The quantitative estimate of drug-likeness (QED) is 0.709. The highest BCUT2D eigenvalue weighted by molar-refractivity contribution is 7.79. The van der Waals surface area contributed by atoms with Crippen molar-refractivity contribution in [2.75, 3.05) is 7.11 Å². The zero-order valence-electron chi connectivity index (χ0n) is 14.3. The fourth-order valence-electron chi connectivity index (χ4n) is 2.85. The second-order valence-corrected chi connectivity index (χ2v) is 6.55. The predicted molar refractivity (Wildman–Crippen MR) is 98.9 cm³/mol. The average Bonchev–Trinajstić information content (AvgIpc) is 3.39. The Labute approximate surface area is 148 Å². The van der Waals surface area contributed by atoms with E-state index in [9.17, 15) is 0 Å². The van der Waals surface area contributed by atoms with Crippen molar-refractivity contribution in [3.8, 4) is 11.5 Å². The van der Waals surface area contributed by atoms with Gasteiger partial charge in [0.1, 0.15) is 18.1 Å². The van der Waals surface area contributed by atoms with E-state index in [2.05, 4.69) is 32.0 Å². The van der Waals surface area contributed by atoms with Crippen LogP contribution in [0.15, 0.2) is 36.4 Å². The lowest BCUT2D eigenvalue weighted by Crippen LogP contribution is -2.11. The van der Waals surface area contributed by atoms with Crippen LogP contribution in [0.4, 0.5) is 0 Å². The smallest absolute Gasteiger partial charge is 0.357 e. The number of thiocarbonyl (C=S) groups is 1. The van der Waals surface area contributed by atoms with Crippen LogP contribution in [0.2, 0.25) is 0 Å². The monoisotopic (exact) mass is 342 g/mol. The summed E-state index contributed by atoms with van der Waals surface area (Å²) < 4.78 is 16.8. The molecule has 0 amide bonds. The maximum absolute atomic E-state index is 6.09. The molecule has 0 bridgehead atoms. The molecule has 3 rings (SSSR count). The summed E-state index contributed by atoms with van der Waals surface area (Å²) in [4.78, 5) is 0. The number of aryl methyl sites for hydroxylation is 2. The Morgan fingerprint density at radius 1 is 1.12 bits per heavy atom. The van der Waals surface area contributed by atoms with Crippen molar-refractivity contribution in [3.05, 3.63) is 58.7 Å². The van der Waals surface area contributed by atoms with Crippen LogP contribution in [0.1, 0.15) is 41.0 Å². The summed E-state index contributed by atoms with van der Waals surface area (Å²) >= 11 is 5.05. The molecule has 0 aliphatic heterocycles. The molecule has 3 nitrogen and oxygen atoms in total. The third-order valence-corrected chi connectivity index (χ3v) is 4.50. The minimum atomic E-state index is 0.121. The molecule has 0 N–H and O–H groups in total. The highest BCUT2D eigenvalue weighted by Crippen LogP contribution is 2.44. The van der Waals surface area contributed by atoms with Crippen molar-refractivity contribution in [3.63, 3.8) is 0 Å². The Balaban J connectivity index is 1.85. The zero-order chi connectivity index (χ0) is 17.1. The molecule has 0 heterocycles. The van der Waals surface area contributed by atoms with Crippen LogP contribution in [0.5, 0.6) is 11.5 Å².